The molecule has 1 fully saturated rings. The molecule has 2 nitrogen and oxygen atoms in total. The topological polar surface area (TPSA) is 20.3 Å². The van der Waals surface area contributed by atoms with E-state index in [2.05, 4.69) is 27.7 Å². The molecule has 21 heavy (non-hydrogen) atoms. The van der Waals surface area contributed by atoms with Gasteiger partial charge >= 0.3 is 45.5 Å². The molecular weight excluding hydrogens is 354 g/mol. The first-order chi connectivity index (χ1) is 9.47. The molecular formula is C17H37NOSSr. The van der Waals surface area contributed by atoms with Gasteiger partial charge in [-0.05, 0) is 17.6 Å². The molecule has 0 atom stereocenters. The molecule has 0 aromatic rings. The van der Waals surface area contributed by atoms with E-state index in [4.69, 9.17) is 0 Å². The molecule has 0 aliphatic heterocycles. The van der Waals surface area contributed by atoms with Crippen LogP contribution in [0.25, 0.3) is 0 Å². The van der Waals surface area contributed by atoms with Gasteiger partial charge in [0.2, 0.25) is 0 Å². The summed E-state index contributed by atoms with van der Waals surface area (Å²) in [5, 5.41) is 0.231. The molecule has 1 aliphatic rings. The van der Waals surface area contributed by atoms with Gasteiger partial charge in [-0.25, -0.2) is 0 Å². The normalized spacial score (nSPS) is 14.2. The second-order valence-corrected chi connectivity index (χ2v) is 7.73. The molecule has 0 spiro atoms. The zero-order valence-electron chi connectivity index (χ0n) is 17.0. The van der Waals surface area contributed by atoms with E-state index in [1.807, 2.05) is 11.8 Å². The number of hydrogen-bond donors (Lipinski definition) is 0. The van der Waals surface area contributed by atoms with Gasteiger partial charge in [0.15, 0.2) is 0 Å². The van der Waals surface area contributed by atoms with Crippen molar-refractivity contribution >= 4 is 62.5 Å². The second kappa shape index (κ2) is 16.2. The van der Waals surface area contributed by atoms with E-state index in [0.29, 0.717) is 11.8 Å². The van der Waals surface area contributed by atoms with Crippen LogP contribution in [0.3, 0.4) is 0 Å². The first-order valence-electron chi connectivity index (χ1n) is 8.39. The van der Waals surface area contributed by atoms with Gasteiger partial charge < -0.3 is 7.75 Å². The molecule has 1 saturated carbocycles. The van der Waals surface area contributed by atoms with Crippen molar-refractivity contribution in [2.24, 2.45) is 11.8 Å². The molecule has 124 valence electrons. The molecule has 4 heteroatoms. The summed E-state index contributed by atoms with van der Waals surface area (Å²) in [7, 11) is 0. The Bertz CT molecular complexity index is 231. The molecule has 0 saturated heterocycles. The Labute approximate surface area is 177 Å². The monoisotopic (exact) mass is 391 g/mol. The van der Waals surface area contributed by atoms with E-state index >= 15 is 0 Å². The standard InChI is InChI=1S/C11H23NOS.C6H12.Sr.2H/c1-6-14-11(13)12(7-9(2)3)8-10(4)5;1-2-4-6-5-3-1;;;/h9-10H,6-8H2,1-5H3;1-6H2;;;/q;;+2;2*-1. The van der Waals surface area contributed by atoms with E-state index in [9.17, 15) is 4.79 Å². The van der Waals surface area contributed by atoms with Crippen LogP contribution in [0.4, 0.5) is 4.79 Å². The van der Waals surface area contributed by atoms with Gasteiger partial charge in [-0.3, -0.25) is 4.79 Å². The molecule has 0 bridgehead atoms. The first-order valence-corrected chi connectivity index (χ1v) is 9.37. The van der Waals surface area contributed by atoms with E-state index in [0.717, 1.165) is 18.8 Å². The van der Waals surface area contributed by atoms with E-state index in [-0.39, 0.29) is 53.6 Å². The van der Waals surface area contributed by atoms with Crippen LogP contribution < -0.4 is 0 Å². The number of carbonyl (C=O) groups excluding carboxylic acids is 1. The fourth-order valence-corrected chi connectivity index (χ4v) is 2.96. The maximum Gasteiger partial charge on any atom is 2.00 e. The first kappa shape index (κ1) is 24.6. The van der Waals surface area contributed by atoms with Crippen molar-refractivity contribution in [3.8, 4) is 0 Å². The van der Waals surface area contributed by atoms with Crippen LogP contribution in [-0.2, 0) is 0 Å². The fourth-order valence-electron chi connectivity index (χ4n) is 2.38. The quantitative estimate of drug-likeness (QED) is 0.564. The Morgan fingerprint density at radius 1 is 0.952 bits per heavy atom. The van der Waals surface area contributed by atoms with Crippen molar-refractivity contribution in [3.63, 3.8) is 0 Å². The van der Waals surface area contributed by atoms with E-state index in [1.54, 1.807) is 0 Å². The van der Waals surface area contributed by atoms with Gasteiger partial charge in [-0.15, -0.1) is 0 Å². The molecule has 0 radical (unpaired) electrons. The molecule has 1 rings (SSSR count). The van der Waals surface area contributed by atoms with Crippen LogP contribution in [0.2, 0.25) is 0 Å². The Morgan fingerprint density at radius 3 is 1.52 bits per heavy atom. The van der Waals surface area contributed by atoms with Gasteiger partial charge in [-0.1, -0.05) is 84.9 Å². The zero-order chi connectivity index (χ0) is 15.4. The van der Waals surface area contributed by atoms with E-state index in [1.165, 1.54) is 50.3 Å². The largest absolute Gasteiger partial charge is 2.00 e. The van der Waals surface area contributed by atoms with Gasteiger partial charge in [0, 0.05) is 13.1 Å². The zero-order valence-corrected chi connectivity index (χ0v) is 19.3. The van der Waals surface area contributed by atoms with Crippen molar-refractivity contribution in [3.05, 3.63) is 0 Å². The van der Waals surface area contributed by atoms with Gasteiger partial charge in [-0.2, -0.15) is 0 Å². The Hall–Kier alpha value is 1.30. The molecule has 1 amide bonds. The van der Waals surface area contributed by atoms with Gasteiger partial charge in [0.05, 0.1) is 0 Å². The molecule has 1 aliphatic carbocycles. The summed E-state index contributed by atoms with van der Waals surface area (Å²) in [6.45, 7) is 12.4. The number of thioether (sulfide) groups is 1. The van der Waals surface area contributed by atoms with E-state index < -0.39 is 0 Å². The van der Waals surface area contributed by atoms with Crippen LogP contribution in [0, 0.1) is 11.8 Å². The third kappa shape index (κ3) is 16.0. The predicted molar refractivity (Wildman–Crippen MR) is 100 cm³/mol. The average Bonchev–Trinajstić information content (AvgIpc) is 2.40. The van der Waals surface area contributed by atoms with Gasteiger partial charge in [0.1, 0.15) is 0 Å². The minimum absolute atomic E-state index is 0. The Balaban J connectivity index is -0.000000171. The van der Waals surface area contributed by atoms with Crippen LogP contribution in [0.1, 0.15) is 76.0 Å². The average molecular weight is 391 g/mol. The molecule has 0 aromatic heterocycles. The number of carbonyl (C=O) groups is 1. The van der Waals surface area contributed by atoms with Crippen LogP contribution in [-0.4, -0.2) is 74.5 Å². The second-order valence-electron chi connectivity index (χ2n) is 6.51. The minimum atomic E-state index is 0. The van der Waals surface area contributed by atoms with Crippen molar-refractivity contribution in [2.45, 2.75) is 73.1 Å². The summed E-state index contributed by atoms with van der Waals surface area (Å²) in [6, 6.07) is 0. The number of nitrogens with zero attached hydrogens (tertiary/aromatic N) is 1. The molecule has 0 aromatic carbocycles. The van der Waals surface area contributed by atoms with Crippen molar-refractivity contribution in [2.75, 3.05) is 18.8 Å². The molecule has 0 unspecified atom stereocenters. The van der Waals surface area contributed by atoms with Crippen molar-refractivity contribution in [1.82, 2.24) is 4.90 Å². The summed E-state index contributed by atoms with van der Waals surface area (Å²) < 4.78 is 0. The summed E-state index contributed by atoms with van der Waals surface area (Å²) in [5.41, 5.74) is 0. The number of hydrogen-bond acceptors (Lipinski definition) is 2. The van der Waals surface area contributed by atoms with Crippen LogP contribution in [0.5, 0.6) is 0 Å². The van der Waals surface area contributed by atoms with Gasteiger partial charge in [0.25, 0.3) is 5.24 Å². The van der Waals surface area contributed by atoms with Crippen LogP contribution >= 0.6 is 11.8 Å². The summed E-state index contributed by atoms with van der Waals surface area (Å²) in [5.74, 6) is 1.97. The smallest absolute Gasteiger partial charge is 1.00 e. The molecule has 0 N–H and O–H groups in total. The summed E-state index contributed by atoms with van der Waals surface area (Å²) >= 11 is 1.41. The summed E-state index contributed by atoms with van der Waals surface area (Å²) in [4.78, 5) is 13.7. The Morgan fingerprint density at radius 2 is 1.29 bits per heavy atom. The molecule has 0 heterocycles. The van der Waals surface area contributed by atoms with Crippen molar-refractivity contribution in [1.29, 1.82) is 0 Å². The minimum Gasteiger partial charge on any atom is -1.00 e. The third-order valence-electron chi connectivity index (χ3n) is 3.20. The number of amides is 1. The number of rotatable bonds is 5. The van der Waals surface area contributed by atoms with Crippen LogP contribution in [0.15, 0.2) is 0 Å². The van der Waals surface area contributed by atoms with Crippen molar-refractivity contribution < 1.29 is 7.65 Å². The maximum absolute atomic E-state index is 11.7. The SMILES string of the molecule is C1CCCCC1.CCSC(=O)N(CC(C)C)CC(C)C.[H-].[H-].[Sr+2]. The predicted octanol–water partition coefficient (Wildman–Crippen LogP) is 5.66. The fraction of sp³-hybridized carbons (Fsp3) is 0.941. The third-order valence-corrected chi connectivity index (χ3v) is 3.99. The maximum atomic E-state index is 11.7. The summed E-state index contributed by atoms with van der Waals surface area (Å²) in [6.07, 6.45) is 9.00. The Kier molecular flexibility index (Phi) is 18.9.